The summed E-state index contributed by atoms with van der Waals surface area (Å²) >= 11 is 0. The number of rotatable bonds is 11. The number of methoxy groups -OCH3 is 1. The van der Waals surface area contributed by atoms with E-state index in [-0.39, 0.29) is 35.2 Å². The summed E-state index contributed by atoms with van der Waals surface area (Å²) in [6.07, 6.45) is -4.99. The van der Waals surface area contributed by atoms with Gasteiger partial charge in [-0.1, -0.05) is 0 Å². The zero-order valence-electron chi connectivity index (χ0n) is 21.8. The van der Waals surface area contributed by atoms with Gasteiger partial charge in [-0.2, -0.15) is 13.2 Å². The maximum atomic E-state index is 14.4. The average Bonchev–Trinajstić information content (AvgIpc) is 3.74. The lowest BCUT2D eigenvalue weighted by atomic mass is 9.89. The second kappa shape index (κ2) is 11.6. The van der Waals surface area contributed by atoms with E-state index in [4.69, 9.17) is 9.47 Å². The van der Waals surface area contributed by atoms with Crippen LogP contribution >= 0.6 is 0 Å². The minimum absolute atomic E-state index is 0.0304. The SMILES string of the molecule is COc1cc(C(=O)CCC(O)(c2cc(CNC(C)=O)cc(-c3ccc(F)cc3)n2)C(F)(F)F)ccc1OC1CC1. The zero-order valence-corrected chi connectivity index (χ0v) is 21.8. The number of ketones is 1. The van der Waals surface area contributed by atoms with Crippen LogP contribution in [0.25, 0.3) is 11.3 Å². The molecule has 1 fully saturated rings. The summed E-state index contributed by atoms with van der Waals surface area (Å²) < 4.78 is 67.7. The molecule has 1 aliphatic rings. The summed E-state index contributed by atoms with van der Waals surface area (Å²) in [5.74, 6) is -0.899. The molecule has 1 heterocycles. The fourth-order valence-corrected chi connectivity index (χ4v) is 4.05. The number of pyridine rings is 1. The van der Waals surface area contributed by atoms with Crippen molar-refractivity contribution in [3.63, 3.8) is 0 Å². The molecule has 1 atom stereocenters. The first-order chi connectivity index (χ1) is 18.9. The smallest absolute Gasteiger partial charge is 0.422 e. The number of ether oxygens (including phenoxy) is 2. The molecule has 0 aliphatic heterocycles. The molecule has 4 rings (SSSR count). The molecule has 1 unspecified atom stereocenters. The van der Waals surface area contributed by atoms with Crippen LogP contribution in [0.5, 0.6) is 11.5 Å². The summed E-state index contributed by atoms with van der Waals surface area (Å²) in [5, 5.41) is 13.6. The van der Waals surface area contributed by atoms with Crippen LogP contribution in [-0.2, 0) is 16.9 Å². The summed E-state index contributed by atoms with van der Waals surface area (Å²) in [7, 11) is 1.39. The highest BCUT2D eigenvalue weighted by Gasteiger charge is 2.56. The number of nitrogens with zero attached hydrogens (tertiary/aromatic N) is 1. The molecule has 1 saturated carbocycles. The van der Waals surface area contributed by atoms with Gasteiger partial charge in [0, 0.05) is 31.0 Å². The molecule has 0 bridgehead atoms. The van der Waals surface area contributed by atoms with Crippen LogP contribution in [0.4, 0.5) is 17.6 Å². The average molecular weight is 561 g/mol. The van der Waals surface area contributed by atoms with Crippen LogP contribution in [-0.4, -0.2) is 41.2 Å². The lowest BCUT2D eigenvalue weighted by Gasteiger charge is -2.30. The summed E-state index contributed by atoms with van der Waals surface area (Å²) in [6, 6.07) is 11.8. The van der Waals surface area contributed by atoms with Gasteiger partial charge < -0.3 is 19.9 Å². The van der Waals surface area contributed by atoms with Gasteiger partial charge >= 0.3 is 6.18 Å². The zero-order chi connectivity index (χ0) is 29.1. The van der Waals surface area contributed by atoms with Gasteiger partial charge in [0.05, 0.1) is 24.6 Å². The van der Waals surface area contributed by atoms with Crippen LogP contribution < -0.4 is 14.8 Å². The van der Waals surface area contributed by atoms with Crippen molar-refractivity contribution in [2.24, 2.45) is 0 Å². The Hall–Kier alpha value is -3.99. The number of Topliss-reactive ketones (excluding diaryl/α,β-unsaturated/α-hetero) is 1. The molecule has 212 valence electrons. The van der Waals surface area contributed by atoms with E-state index in [1.807, 2.05) is 0 Å². The standard InChI is InChI=1S/C29H28F4N2O5/c1-17(36)34-16-18-13-23(19-3-6-21(30)7-4-19)35-27(14-18)28(38,29(31,32)33)12-11-24(37)20-5-10-25(26(15-20)39-2)40-22-8-9-22/h3-7,10,13-15,22,38H,8-9,11-12,16H2,1-2H3,(H,34,36). The maximum absolute atomic E-state index is 14.4. The number of hydrogen-bond donors (Lipinski definition) is 2. The van der Waals surface area contributed by atoms with Gasteiger partial charge in [0.25, 0.3) is 0 Å². The predicted octanol–water partition coefficient (Wildman–Crippen LogP) is 5.49. The van der Waals surface area contributed by atoms with Gasteiger partial charge in [0.15, 0.2) is 17.3 Å². The lowest BCUT2D eigenvalue weighted by molar-refractivity contribution is -0.270. The Kier molecular flexibility index (Phi) is 8.43. The van der Waals surface area contributed by atoms with E-state index in [0.29, 0.717) is 11.3 Å². The second-order valence-electron chi connectivity index (χ2n) is 9.63. The Morgan fingerprint density at radius 2 is 1.75 bits per heavy atom. The molecule has 0 saturated heterocycles. The Morgan fingerprint density at radius 1 is 1.05 bits per heavy atom. The Labute approximate surface area is 228 Å². The van der Waals surface area contributed by atoms with Crippen molar-refractivity contribution in [1.29, 1.82) is 0 Å². The summed E-state index contributed by atoms with van der Waals surface area (Å²) in [5.41, 5.74) is -3.59. The molecular formula is C29H28F4N2O5. The number of hydrogen-bond acceptors (Lipinski definition) is 6. The Balaban J connectivity index is 1.65. The van der Waals surface area contributed by atoms with Crippen molar-refractivity contribution >= 4 is 11.7 Å². The van der Waals surface area contributed by atoms with Gasteiger partial charge in [-0.3, -0.25) is 9.59 Å². The molecule has 7 nitrogen and oxygen atoms in total. The monoisotopic (exact) mass is 560 g/mol. The summed E-state index contributed by atoms with van der Waals surface area (Å²) in [4.78, 5) is 28.5. The molecule has 0 radical (unpaired) electrons. The molecule has 1 amide bonds. The van der Waals surface area contributed by atoms with Crippen molar-refractivity contribution in [2.45, 2.75) is 57.0 Å². The number of amides is 1. The first kappa shape index (κ1) is 29.0. The minimum Gasteiger partial charge on any atom is -0.493 e. The third kappa shape index (κ3) is 6.77. The fraction of sp³-hybridized carbons (Fsp3) is 0.345. The van der Waals surface area contributed by atoms with Gasteiger partial charge in [-0.25, -0.2) is 9.37 Å². The van der Waals surface area contributed by atoms with Crippen LogP contribution in [0.1, 0.15) is 54.2 Å². The van der Waals surface area contributed by atoms with Gasteiger partial charge in [-0.15, -0.1) is 0 Å². The van der Waals surface area contributed by atoms with Crippen LogP contribution in [0.3, 0.4) is 0 Å². The van der Waals surface area contributed by atoms with Crippen molar-refractivity contribution in [3.8, 4) is 22.8 Å². The van der Waals surface area contributed by atoms with E-state index >= 15 is 0 Å². The lowest BCUT2D eigenvalue weighted by Crippen LogP contribution is -2.43. The minimum atomic E-state index is -5.20. The number of aromatic nitrogens is 1. The van der Waals surface area contributed by atoms with E-state index in [1.54, 1.807) is 0 Å². The van der Waals surface area contributed by atoms with Crippen LogP contribution in [0, 0.1) is 5.82 Å². The predicted molar refractivity (Wildman–Crippen MR) is 137 cm³/mol. The molecule has 0 spiro atoms. The van der Waals surface area contributed by atoms with Crippen molar-refractivity contribution < 1.29 is 41.7 Å². The third-order valence-electron chi connectivity index (χ3n) is 6.48. The number of nitrogens with one attached hydrogen (secondary N) is 1. The third-order valence-corrected chi connectivity index (χ3v) is 6.48. The number of carbonyl (C=O) groups excluding carboxylic acids is 2. The van der Waals surface area contributed by atoms with Gasteiger partial charge in [0.1, 0.15) is 5.82 Å². The number of benzene rings is 2. The Morgan fingerprint density at radius 3 is 2.35 bits per heavy atom. The van der Waals surface area contributed by atoms with Gasteiger partial charge in [0.2, 0.25) is 11.5 Å². The molecule has 40 heavy (non-hydrogen) atoms. The van der Waals surface area contributed by atoms with Crippen molar-refractivity contribution in [3.05, 3.63) is 77.2 Å². The number of carbonyl (C=O) groups is 2. The van der Waals surface area contributed by atoms with Crippen molar-refractivity contribution in [2.75, 3.05) is 7.11 Å². The quantitative estimate of drug-likeness (QED) is 0.238. The van der Waals surface area contributed by atoms with E-state index in [2.05, 4.69) is 10.3 Å². The molecule has 1 aliphatic carbocycles. The molecule has 3 aromatic rings. The van der Waals surface area contributed by atoms with Gasteiger partial charge in [-0.05, 0) is 79.4 Å². The van der Waals surface area contributed by atoms with E-state index in [0.717, 1.165) is 31.0 Å². The molecule has 11 heteroatoms. The second-order valence-corrected chi connectivity index (χ2v) is 9.63. The van der Waals surface area contributed by atoms with Crippen LogP contribution in [0.2, 0.25) is 0 Å². The van der Waals surface area contributed by atoms with Crippen molar-refractivity contribution in [1.82, 2.24) is 10.3 Å². The molecule has 2 aromatic carbocycles. The fourth-order valence-electron chi connectivity index (χ4n) is 4.05. The molecular weight excluding hydrogens is 532 g/mol. The van der Waals surface area contributed by atoms with E-state index < -0.39 is 47.8 Å². The first-order valence-corrected chi connectivity index (χ1v) is 12.6. The van der Waals surface area contributed by atoms with E-state index in [1.165, 1.54) is 50.4 Å². The molecule has 2 N–H and O–H groups in total. The molecule has 1 aromatic heterocycles. The first-order valence-electron chi connectivity index (χ1n) is 12.6. The number of aliphatic hydroxyl groups is 1. The number of halogens is 4. The maximum Gasteiger partial charge on any atom is 0.422 e. The summed E-state index contributed by atoms with van der Waals surface area (Å²) in [6.45, 7) is 1.11. The highest BCUT2D eigenvalue weighted by Crippen LogP contribution is 2.43. The topological polar surface area (TPSA) is 97.8 Å². The normalized spacial score (nSPS) is 14.8. The highest BCUT2D eigenvalue weighted by atomic mass is 19.4. The van der Waals surface area contributed by atoms with Crippen LogP contribution in [0.15, 0.2) is 54.6 Å². The highest BCUT2D eigenvalue weighted by molar-refractivity contribution is 5.96. The number of alkyl halides is 3. The largest absolute Gasteiger partial charge is 0.493 e. The Bertz CT molecular complexity index is 1390. The van der Waals surface area contributed by atoms with E-state index in [9.17, 15) is 32.3 Å².